The van der Waals surface area contributed by atoms with Gasteiger partial charge in [0.2, 0.25) is 0 Å². The van der Waals surface area contributed by atoms with E-state index >= 15 is 0 Å². The second kappa shape index (κ2) is 8.07. The lowest BCUT2D eigenvalue weighted by Crippen LogP contribution is -2.15. The minimum absolute atomic E-state index is 0.0514. The number of nitrogens with one attached hydrogen (secondary N) is 1. The van der Waals surface area contributed by atoms with Crippen molar-refractivity contribution in [3.8, 4) is 11.1 Å². The minimum atomic E-state index is -0.847. The molecule has 0 fully saturated rings. The topological polar surface area (TPSA) is 79.3 Å². The SMILES string of the molecule is O=C(O)CCc1cccc(NC(=O)c2ncccc2-c2ccccc2)c1. The Bertz CT molecular complexity index is 923. The van der Waals surface area contributed by atoms with Crippen molar-refractivity contribution >= 4 is 17.6 Å². The Morgan fingerprint density at radius 1 is 0.962 bits per heavy atom. The molecule has 0 atom stereocenters. The first-order valence-electron chi connectivity index (χ1n) is 8.26. The summed E-state index contributed by atoms with van der Waals surface area (Å²) in [6.45, 7) is 0. The lowest BCUT2D eigenvalue weighted by molar-refractivity contribution is -0.136. The second-order valence-corrected chi connectivity index (χ2v) is 5.81. The van der Waals surface area contributed by atoms with Crippen molar-refractivity contribution in [2.75, 3.05) is 5.32 Å². The van der Waals surface area contributed by atoms with Gasteiger partial charge in [0.05, 0.1) is 0 Å². The molecule has 2 aromatic carbocycles. The number of hydrogen-bond acceptors (Lipinski definition) is 3. The summed E-state index contributed by atoms with van der Waals surface area (Å²) in [5.74, 6) is -1.15. The number of aryl methyl sites for hydroxylation is 1. The van der Waals surface area contributed by atoms with Crippen molar-refractivity contribution in [1.29, 1.82) is 0 Å². The Kier molecular flexibility index (Phi) is 5.39. The first-order valence-corrected chi connectivity index (χ1v) is 8.26. The molecule has 0 spiro atoms. The molecule has 0 bridgehead atoms. The van der Waals surface area contributed by atoms with Crippen LogP contribution in [-0.4, -0.2) is 22.0 Å². The number of aliphatic carboxylic acids is 1. The summed E-state index contributed by atoms with van der Waals surface area (Å²) in [5.41, 5.74) is 3.49. The number of aromatic nitrogens is 1. The average Bonchev–Trinajstić information content (AvgIpc) is 2.67. The van der Waals surface area contributed by atoms with E-state index in [0.29, 0.717) is 17.8 Å². The number of rotatable bonds is 6. The summed E-state index contributed by atoms with van der Waals surface area (Å²) in [6, 6.07) is 20.5. The molecule has 26 heavy (non-hydrogen) atoms. The molecule has 1 aromatic heterocycles. The van der Waals surface area contributed by atoms with Gasteiger partial charge in [0.25, 0.3) is 5.91 Å². The van der Waals surface area contributed by atoms with Gasteiger partial charge in [0.15, 0.2) is 0 Å². The van der Waals surface area contributed by atoms with E-state index in [9.17, 15) is 9.59 Å². The molecular weight excluding hydrogens is 328 g/mol. The predicted octanol–water partition coefficient (Wildman–Crippen LogP) is 4.02. The van der Waals surface area contributed by atoms with E-state index in [0.717, 1.165) is 16.7 Å². The van der Waals surface area contributed by atoms with E-state index in [2.05, 4.69) is 10.3 Å². The van der Waals surface area contributed by atoms with Crippen molar-refractivity contribution in [2.24, 2.45) is 0 Å². The van der Waals surface area contributed by atoms with Crippen LogP contribution >= 0.6 is 0 Å². The Morgan fingerprint density at radius 3 is 2.54 bits per heavy atom. The van der Waals surface area contributed by atoms with Crippen molar-refractivity contribution in [3.63, 3.8) is 0 Å². The van der Waals surface area contributed by atoms with Crippen molar-refractivity contribution in [3.05, 3.63) is 84.2 Å². The number of carboxylic acid groups (broad SMARTS) is 1. The Balaban J connectivity index is 1.81. The maximum Gasteiger partial charge on any atom is 0.303 e. The molecule has 0 aliphatic rings. The van der Waals surface area contributed by atoms with E-state index in [1.54, 1.807) is 30.5 Å². The molecule has 130 valence electrons. The molecule has 0 aliphatic carbocycles. The van der Waals surface area contributed by atoms with E-state index in [-0.39, 0.29) is 12.3 Å². The van der Waals surface area contributed by atoms with E-state index in [4.69, 9.17) is 5.11 Å². The highest BCUT2D eigenvalue weighted by atomic mass is 16.4. The fourth-order valence-corrected chi connectivity index (χ4v) is 2.68. The van der Waals surface area contributed by atoms with Gasteiger partial charge in [-0.15, -0.1) is 0 Å². The van der Waals surface area contributed by atoms with Crippen LogP contribution in [0.25, 0.3) is 11.1 Å². The van der Waals surface area contributed by atoms with Crippen LogP contribution < -0.4 is 5.32 Å². The number of carbonyl (C=O) groups is 2. The summed E-state index contributed by atoms with van der Waals surface area (Å²) < 4.78 is 0. The van der Waals surface area contributed by atoms with Gasteiger partial charge in [0, 0.05) is 23.9 Å². The summed E-state index contributed by atoms with van der Waals surface area (Å²) in [4.78, 5) is 27.7. The molecule has 5 heteroatoms. The number of benzene rings is 2. The lowest BCUT2D eigenvalue weighted by Gasteiger charge is -2.10. The smallest absolute Gasteiger partial charge is 0.303 e. The largest absolute Gasteiger partial charge is 0.481 e. The van der Waals surface area contributed by atoms with Crippen LogP contribution in [-0.2, 0) is 11.2 Å². The quantitative estimate of drug-likeness (QED) is 0.706. The number of nitrogens with zero attached hydrogens (tertiary/aromatic N) is 1. The molecule has 0 saturated carbocycles. The molecule has 1 heterocycles. The fraction of sp³-hybridized carbons (Fsp3) is 0.0952. The number of amides is 1. The molecule has 3 aromatic rings. The van der Waals surface area contributed by atoms with Crippen LogP contribution in [0, 0.1) is 0 Å². The third-order valence-electron chi connectivity index (χ3n) is 3.92. The first kappa shape index (κ1) is 17.4. The van der Waals surface area contributed by atoms with Crippen LogP contribution in [0.2, 0.25) is 0 Å². The summed E-state index contributed by atoms with van der Waals surface area (Å²) in [7, 11) is 0. The van der Waals surface area contributed by atoms with E-state index in [1.807, 2.05) is 42.5 Å². The first-order chi connectivity index (χ1) is 12.6. The van der Waals surface area contributed by atoms with Crippen LogP contribution in [0.1, 0.15) is 22.5 Å². The normalized spacial score (nSPS) is 10.3. The van der Waals surface area contributed by atoms with Crippen LogP contribution in [0.5, 0.6) is 0 Å². The number of hydrogen-bond donors (Lipinski definition) is 2. The van der Waals surface area contributed by atoms with Crippen LogP contribution in [0.4, 0.5) is 5.69 Å². The maximum atomic E-state index is 12.7. The zero-order valence-corrected chi connectivity index (χ0v) is 14.1. The summed E-state index contributed by atoms with van der Waals surface area (Å²) in [5, 5.41) is 11.6. The molecule has 0 aliphatic heterocycles. The molecule has 3 rings (SSSR count). The van der Waals surface area contributed by atoms with Gasteiger partial charge in [-0.05, 0) is 35.7 Å². The molecule has 2 N–H and O–H groups in total. The van der Waals surface area contributed by atoms with Gasteiger partial charge in [-0.1, -0.05) is 48.5 Å². The zero-order chi connectivity index (χ0) is 18.4. The molecule has 0 unspecified atom stereocenters. The van der Waals surface area contributed by atoms with Gasteiger partial charge in [-0.25, -0.2) is 0 Å². The van der Waals surface area contributed by atoms with Crippen LogP contribution in [0.15, 0.2) is 72.9 Å². The maximum absolute atomic E-state index is 12.7. The second-order valence-electron chi connectivity index (χ2n) is 5.81. The Hall–Kier alpha value is -3.47. The highest BCUT2D eigenvalue weighted by Crippen LogP contribution is 2.23. The van der Waals surface area contributed by atoms with Gasteiger partial charge >= 0.3 is 5.97 Å². The lowest BCUT2D eigenvalue weighted by atomic mass is 10.0. The molecule has 0 radical (unpaired) electrons. The fourth-order valence-electron chi connectivity index (χ4n) is 2.68. The predicted molar refractivity (Wildman–Crippen MR) is 100 cm³/mol. The third kappa shape index (κ3) is 4.33. The molecule has 1 amide bonds. The summed E-state index contributed by atoms with van der Waals surface area (Å²) >= 11 is 0. The van der Waals surface area contributed by atoms with Gasteiger partial charge in [0.1, 0.15) is 5.69 Å². The van der Waals surface area contributed by atoms with E-state index < -0.39 is 5.97 Å². The highest BCUT2D eigenvalue weighted by Gasteiger charge is 2.14. The number of carbonyl (C=O) groups excluding carboxylic acids is 1. The number of pyridine rings is 1. The van der Waals surface area contributed by atoms with Gasteiger partial charge < -0.3 is 10.4 Å². The number of carboxylic acids is 1. The van der Waals surface area contributed by atoms with Gasteiger partial charge in [-0.3, -0.25) is 14.6 Å². The van der Waals surface area contributed by atoms with Crippen molar-refractivity contribution < 1.29 is 14.7 Å². The zero-order valence-electron chi connectivity index (χ0n) is 14.1. The molecule has 5 nitrogen and oxygen atoms in total. The molecule has 0 saturated heterocycles. The standard InChI is InChI=1S/C21H18N2O3/c24-19(25)12-11-15-6-4-9-17(14-15)23-21(26)20-18(10-5-13-22-20)16-7-2-1-3-8-16/h1-10,13-14H,11-12H2,(H,23,26)(H,24,25). The van der Waals surface area contributed by atoms with Crippen LogP contribution in [0.3, 0.4) is 0 Å². The Morgan fingerprint density at radius 2 is 1.77 bits per heavy atom. The van der Waals surface area contributed by atoms with Gasteiger partial charge in [-0.2, -0.15) is 0 Å². The summed E-state index contributed by atoms with van der Waals surface area (Å²) in [6.07, 6.45) is 2.05. The minimum Gasteiger partial charge on any atom is -0.481 e. The highest BCUT2D eigenvalue weighted by molar-refractivity contribution is 6.07. The number of anilines is 1. The van der Waals surface area contributed by atoms with E-state index in [1.165, 1.54) is 0 Å². The Labute approximate surface area is 151 Å². The average molecular weight is 346 g/mol. The monoisotopic (exact) mass is 346 g/mol. The molecular formula is C21H18N2O3. The van der Waals surface area contributed by atoms with Crippen molar-refractivity contribution in [1.82, 2.24) is 4.98 Å². The third-order valence-corrected chi connectivity index (χ3v) is 3.92. The van der Waals surface area contributed by atoms with Crippen molar-refractivity contribution in [2.45, 2.75) is 12.8 Å².